The predicted molar refractivity (Wildman–Crippen MR) is 82.9 cm³/mol. The minimum Gasteiger partial charge on any atom is -0.463 e. The van der Waals surface area contributed by atoms with Crippen LogP contribution in [0, 0.1) is 5.82 Å². The Morgan fingerprint density at radius 1 is 1.38 bits per heavy atom. The third kappa shape index (κ3) is 2.63. The molecule has 0 saturated heterocycles. The van der Waals surface area contributed by atoms with Gasteiger partial charge in [0.2, 0.25) is 0 Å². The lowest BCUT2D eigenvalue weighted by Gasteiger charge is -2.23. The number of ether oxygens (including phenoxy) is 2. The van der Waals surface area contributed by atoms with Crippen molar-refractivity contribution in [3.05, 3.63) is 52.7 Å². The molecule has 3 rings (SSSR count). The van der Waals surface area contributed by atoms with E-state index in [0.29, 0.717) is 24.2 Å². The van der Waals surface area contributed by atoms with Crippen molar-refractivity contribution >= 4 is 17.8 Å². The molecule has 2 aliphatic rings. The molecule has 0 aromatic heterocycles. The number of benzene rings is 1. The maximum Gasteiger partial charge on any atom is 0.351 e. The molecule has 24 heavy (non-hydrogen) atoms. The fourth-order valence-corrected chi connectivity index (χ4v) is 2.93. The summed E-state index contributed by atoms with van der Waals surface area (Å²) in [7, 11) is 0. The van der Waals surface area contributed by atoms with Crippen LogP contribution in [0.25, 0.3) is 6.08 Å². The molecule has 0 saturated carbocycles. The quantitative estimate of drug-likeness (QED) is 0.861. The van der Waals surface area contributed by atoms with Gasteiger partial charge < -0.3 is 14.6 Å². The van der Waals surface area contributed by atoms with Gasteiger partial charge in [-0.15, -0.1) is 0 Å². The van der Waals surface area contributed by atoms with Crippen LogP contribution in [-0.4, -0.2) is 29.1 Å². The molecule has 1 aromatic carbocycles. The fourth-order valence-electron chi connectivity index (χ4n) is 2.93. The summed E-state index contributed by atoms with van der Waals surface area (Å²) in [6, 6.07) is 5.47. The Hall–Kier alpha value is -2.47. The van der Waals surface area contributed by atoms with Gasteiger partial charge in [0.15, 0.2) is 11.5 Å². The summed E-state index contributed by atoms with van der Waals surface area (Å²) < 4.78 is 23.6. The highest BCUT2D eigenvalue weighted by molar-refractivity contribution is 6.08. The summed E-state index contributed by atoms with van der Waals surface area (Å²) in [4.78, 5) is 24.6. The van der Waals surface area contributed by atoms with Gasteiger partial charge in [-0.25, -0.2) is 9.18 Å². The van der Waals surface area contributed by atoms with Gasteiger partial charge in [0.25, 0.3) is 5.60 Å². The first kappa shape index (κ1) is 16.4. The first-order chi connectivity index (χ1) is 11.5. The van der Waals surface area contributed by atoms with Crippen LogP contribution in [0.3, 0.4) is 0 Å². The number of carbonyl (C=O) groups excluding carboxylic acids is 2. The third-order valence-corrected chi connectivity index (χ3v) is 4.06. The van der Waals surface area contributed by atoms with Gasteiger partial charge in [0.1, 0.15) is 11.6 Å². The SMILES string of the molecule is CCOC(=O)[C@@]1(O)C2=C(CCCC2=O)O/C1=C\c1ccc(F)cc1. The Labute approximate surface area is 138 Å². The number of hydrogen-bond acceptors (Lipinski definition) is 5. The molecule has 1 aromatic rings. The van der Waals surface area contributed by atoms with Gasteiger partial charge in [0.05, 0.1) is 12.2 Å². The molecule has 0 unspecified atom stereocenters. The first-order valence-corrected chi connectivity index (χ1v) is 7.78. The molecule has 0 amide bonds. The van der Waals surface area contributed by atoms with Crippen molar-refractivity contribution in [3.63, 3.8) is 0 Å². The summed E-state index contributed by atoms with van der Waals surface area (Å²) in [5.74, 6) is -1.46. The Bertz CT molecular complexity index is 747. The largest absolute Gasteiger partial charge is 0.463 e. The number of ketones is 1. The van der Waals surface area contributed by atoms with Crippen LogP contribution in [0.1, 0.15) is 31.7 Å². The zero-order chi connectivity index (χ0) is 17.3. The summed E-state index contributed by atoms with van der Waals surface area (Å²) in [6.45, 7) is 1.67. The number of esters is 1. The van der Waals surface area contributed by atoms with E-state index >= 15 is 0 Å². The van der Waals surface area contributed by atoms with E-state index in [1.807, 2.05) is 0 Å². The van der Waals surface area contributed by atoms with Crippen molar-refractivity contribution in [2.75, 3.05) is 6.61 Å². The van der Waals surface area contributed by atoms with E-state index in [-0.39, 0.29) is 30.1 Å². The van der Waals surface area contributed by atoms with Gasteiger partial charge in [-0.05, 0) is 37.1 Å². The van der Waals surface area contributed by atoms with Crippen molar-refractivity contribution in [1.82, 2.24) is 0 Å². The molecule has 0 fully saturated rings. The molecule has 5 nitrogen and oxygen atoms in total. The number of Topliss-reactive ketones (excluding diaryl/α,β-unsaturated/α-hetero) is 1. The predicted octanol–water partition coefficient (Wildman–Crippen LogP) is 2.50. The standard InChI is InChI=1S/C18H17FO5/c1-2-23-17(21)18(22)15(10-11-6-8-12(19)9-7-11)24-14-5-3-4-13(20)16(14)18/h6-10,22H,2-5H2,1H3/b15-10-/t18-/m0/s1. The Morgan fingerprint density at radius 3 is 2.75 bits per heavy atom. The Morgan fingerprint density at radius 2 is 2.08 bits per heavy atom. The third-order valence-electron chi connectivity index (χ3n) is 4.06. The van der Waals surface area contributed by atoms with E-state index in [4.69, 9.17) is 9.47 Å². The van der Waals surface area contributed by atoms with E-state index in [2.05, 4.69) is 0 Å². The fraction of sp³-hybridized carbons (Fsp3) is 0.333. The maximum atomic E-state index is 13.0. The lowest BCUT2D eigenvalue weighted by Crippen LogP contribution is -2.44. The summed E-state index contributed by atoms with van der Waals surface area (Å²) >= 11 is 0. The van der Waals surface area contributed by atoms with Crippen molar-refractivity contribution in [3.8, 4) is 0 Å². The normalized spacial score (nSPS) is 24.8. The highest BCUT2D eigenvalue weighted by atomic mass is 19.1. The van der Waals surface area contributed by atoms with Crippen LogP contribution in [0.15, 0.2) is 41.4 Å². The van der Waals surface area contributed by atoms with E-state index in [1.54, 1.807) is 6.92 Å². The van der Waals surface area contributed by atoms with Crippen LogP contribution >= 0.6 is 0 Å². The molecule has 1 N–H and O–H groups in total. The monoisotopic (exact) mass is 332 g/mol. The highest BCUT2D eigenvalue weighted by Gasteiger charge is 2.56. The first-order valence-electron chi connectivity index (χ1n) is 7.78. The van der Waals surface area contributed by atoms with Crippen LogP contribution in [0.2, 0.25) is 0 Å². The second kappa shape index (κ2) is 6.20. The number of aliphatic hydroxyl groups is 1. The Kier molecular flexibility index (Phi) is 4.24. The number of rotatable bonds is 3. The van der Waals surface area contributed by atoms with Gasteiger partial charge in [0, 0.05) is 12.8 Å². The minimum atomic E-state index is -2.25. The minimum absolute atomic E-state index is 0.0411. The summed E-state index contributed by atoms with van der Waals surface area (Å²) in [5, 5.41) is 11.0. The van der Waals surface area contributed by atoms with E-state index in [9.17, 15) is 19.1 Å². The molecule has 1 atom stereocenters. The number of halogens is 1. The summed E-state index contributed by atoms with van der Waals surface area (Å²) in [6.07, 6.45) is 2.72. The molecule has 1 heterocycles. The second-order valence-corrected chi connectivity index (χ2v) is 5.67. The van der Waals surface area contributed by atoms with Crippen molar-refractivity contribution in [2.45, 2.75) is 31.8 Å². The molecule has 126 valence electrons. The van der Waals surface area contributed by atoms with E-state index in [1.165, 1.54) is 30.3 Å². The molecule has 0 radical (unpaired) electrons. The lowest BCUT2D eigenvalue weighted by atomic mass is 9.84. The van der Waals surface area contributed by atoms with Crippen LogP contribution in [0.5, 0.6) is 0 Å². The average Bonchev–Trinajstić information content (AvgIpc) is 2.84. The van der Waals surface area contributed by atoms with Crippen molar-refractivity contribution in [1.29, 1.82) is 0 Å². The second-order valence-electron chi connectivity index (χ2n) is 5.67. The van der Waals surface area contributed by atoms with Crippen LogP contribution < -0.4 is 0 Å². The van der Waals surface area contributed by atoms with E-state index < -0.39 is 17.4 Å². The molecular formula is C18H17FO5. The molecule has 0 bridgehead atoms. The van der Waals surface area contributed by atoms with Crippen LogP contribution in [-0.2, 0) is 19.1 Å². The zero-order valence-electron chi connectivity index (χ0n) is 13.2. The molecule has 6 heteroatoms. The topological polar surface area (TPSA) is 72.8 Å². The number of hydrogen-bond donors (Lipinski definition) is 1. The van der Waals surface area contributed by atoms with Gasteiger partial charge in [-0.1, -0.05) is 12.1 Å². The van der Waals surface area contributed by atoms with Crippen molar-refractivity contribution < 1.29 is 28.6 Å². The smallest absolute Gasteiger partial charge is 0.351 e. The maximum absolute atomic E-state index is 13.0. The Balaban J connectivity index is 2.08. The van der Waals surface area contributed by atoms with Gasteiger partial charge in [-0.2, -0.15) is 0 Å². The highest BCUT2D eigenvalue weighted by Crippen LogP contribution is 2.44. The zero-order valence-corrected chi connectivity index (χ0v) is 13.2. The molecule has 1 aliphatic heterocycles. The van der Waals surface area contributed by atoms with E-state index in [0.717, 1.165) is 0 Å². The lowest BCUT2D eigenvalue weighted by molar-refractivity contribution is -0.159. The summed E-state index contributed by atoms with van der Waals surface area (Å²) in [5.41, 5.74) is -1.76. The number of allylic oxidation sites excluding steroid dienone is 1. The number of carbonyl (C=O) groups is 2. The molecular weight excluding hydrogens is 315 g/mol. The molecule has 1 aliphatic carbocycles. The molecule has 0 spiro atoms. The van der Waals surface area contributed by atoms with Gasteiger partial charge in [-0.3, -0.25) is 4.79 Å². The van der Waals surface area contributed by atoms with Crippen LogP contribution in [0.4, 0.5) is 4.39 Å². The van der Waals surface area contributed by atoms with Crippen molar-refractivity contribution in [2.24, 2.45) is 0 Å². The van der Waals surface area contributed by atoms with Gasteiger partial charge >= 0.3 is 5.97 Å². The average molecular weight is 332 g/mol.